The average molecular weight is 396 g/mol. The van der Waals surface area contributed by atoms with E-state index in [1.165, 1.54) is 6.07 Å². The first kappa shape index (κ1) is 20.7. The van der Waals surface area contributed by atoms with Crippen LogP contribution in [0.5, 0.6) is 0 Å². The summed E-state index contributed by atoms with van der Waals surface area (Å²) in [5.74, 6) is -1.61. The first-order valence-electron chi connectivity index (χ1n) is 9.57. The maximum atomic E-state index is 14.9. The quantitative estimate of drug-likeness (QED) is 0.696. The number of aryl methyl sites for hydroxylation is 1. The predicted octanol–water partition coefficient (Wildman–Crippen LogP) is 3.88. The van der Waals surface area contributed by atoms with Crippen LogP contribution in [0.4, 0.5) is 4.39 Å². The number of allylic oxidation sites excluding steroid dienone is 3. The van der Waals surface area contributed by atoms with Crippen LogP contribution in [0.3, 0.4) is 0 Å². The Balaban J connectivity index is 2.17. The third-order valence-electron chi connectivity index (χ3n) is 5.39. The highest BCUT2D eigenvalue weighted by Gasteiger charge is 2.30. The summed E-state index contributed by atoms with van der Waals surface area (Å²) in [5.41, 5.74) is 9.00. The van der Waals surface area contributed by atoms with Crippen molar-refractivity contribution in [3.8, 4) is 0 Å². The van der Waals surface area contributed by atoms with E-state index in [2.05, 4.69) is 6.58 Å². The Labute approximate surface area is 168 Å². The summed E-state index contributed by atoms with van der Waals surface area (Å²) < 4.78 is 16.1. The molecule has 29 heavy (non-hydrogen) atoms. The Kier molecular flexibility index (Phi) is 5.84. The summed E-state index contributed by atoms with van der Waals surface area (Å²) in [6.45, 7) is 7.77. The van der Waals surface area contributed by atoms with Gasteiger partial charge >= 0.3 is 5.97 Å². The number of halogens is 1. The molecule has 2 aromatic heterocycles. The van der Waals surface area contributed by atoms with E-state index in [0.29, 0.717) is 29.6 Å². The minimum Gasteiger partial charge on any atom is -0.477 e. The van der Waals surface area contributed by atoms with Crippen LogP contribution >= 0.6 is 0 Å². The molecule has 3 N–H and O–H groups in total. The van der Waals surface area contributed by atoms with Gasteiger partial charge in [-0.05, 0) is 67.4 Å². The summed E-state index contributed by atoms with van der Waals surface area (Å²) >= 11 is 0. The van der Waals surface area contributed by atoms with Crippen molar-refractivity contribution in [3.63, 3.8) is 0 Å². The first-order valence-corrected chi connectivity index (χ1v) is 9.57. The third kappa shape index (κ3) is 4.07. The molecule has 1 fully saturated rings. The molecular formula is C23H25FN2O3. The fourth-order valence-electron chi connectivity index (χ4n) is 3.57. The molecular weight excluding hydrogens is 371 g/mol. The summed E-state index contributed by atoms with van der Waals surface area (Å²) in [5, 5.41) is 9.37. The van der Waals surface area contributed by atoms with Crippen molar-refractivity contribution >= 4 is 11.5 Å². The molecule has 152 valence electrons. The van der Waals surface area contributed by atoms with E-state index in [-0.39, 0.29) is 11.5 Å². The Morgan fingerprint density at radius 2 is 2.10 bits per heavy atom. The molecule has 1 saturated carbocycles. The fourth-order valence-corrected chi connectivity index (χ4v) is 3.57. The molecule has 2 heterocycles. The molecule has 0 amide bonds. The second kappa shape index (κ2) is 8.17. The fraction of sp³-hybridized carbons (Fsp3) is 0.304. The number of hydrogen-bond acceptors (Lipinski definition) is 3. The van der Waals surface area contributed by atoms with Crippen LogP contribution in [-0.2, 0) is 6.42 Å². The van der Waals surface area contributed by atoms with E-state index in [9.17, 15) is 19.1 Å². The second-order valence-corrected chi connectivity index (χ2v) is 7.54. The highest BCUT2D eigenvalue weighted by Crippen LogP contribution is 2.43. The van der Waals surface area contributed by atoms with Crippen LogP contribution in [0.1, 0.15) is 52.7 Å². The largest absolute Gasteiger partial charge is 0.477 e. The number of pyridine rings is 2. The molecule has 0 radical (unpaired) electrons. The maximum absolute atomic E-state index is 14.9. The normalized spacial score (nSPS) is 15.0. The lowest BCUT2D eigenvalue weighted by atomic mass is 9.96. The standard InChI is InChI=1S/C23H25FN2O3/c1-4-15(11-25)6-5-13(2)9-17-14(3)21-18(16-7-8-16)10-19(23(28)29)22(27)26(21)12-20(17)24/h4-6,10,12,16H,1,7-9,11,25H2,2-3H3,(H,28,29)/b13-5+,15-6+. The van der Waals surface area contributed by atoms with Crippen LogP contribution in [0.15, 0.2) is 53.0 Å². The smallest absolute Gasteiger partial charge is 0.341 e. The number of fused-ring (bicyclic) bond motifs is 1. The van der Waals surface area contributed by atoms with Gasteiger partial charge in [-0.2, -0.15) is 0 Å². The number of nitrogens with zero attached hydrogens (tertiary/aromatic N) is 1. The number of aromatic nitrogens is 1. The number of carboxylic acids is 1. The molecule has 0 unspecified atom stereocenters. The molecule has 2 aromatic rings. The number of hydrogen-bond donors (Lipinski definition) is 2. The molecule has 3 rings (SSSR count). The predicted molar refractivity (Wildman–Crippen MR) is 112 cm³/mol. The Hall–Kier alpha value is -2.99. The zero-order valence-corrected chi connectivity index (χ0v) is 16.7. The lowest BCUT2D eigenvalue weighted by Gasteiger charge is -2.16. The van der Waals surface area contributed by atoms with Gasteiger partial charge in [-0.3, -0.25) is 9.20 Å². The van der Waals surface area contributed by atoms with E-state index >= 15 is 0 Å². The zero-order valence-electron chi connectivity index (χ0n) is 16.7. The highest BCUT2D eigenvalue weighted by molar-refractivity contribution is 5.88. The number of aromatic carboxylic acids is 1. The van der Waals surface area contributed by atoms with Crippen LogP contribution in [0.2, 0.25) is 0 Å². The van der Waals surface area contributed by atoms with Gasteiger partial charge < -0.3 is 10.8 Å². The second-order valence-electron chi connectivity index (χ2n) is 7.54. The lowest BCUT2D eigenvalue weighted by molar-refractivity contribution is 0.0694. The molecule has 0 atom stereocenters. The van der Waals surface area contributed by atoms with Crippen molar-refractivity contribution in [1.29, 1.82) is 0 Å². The Bertz CT molecular complexity index is 1120. The minimum absolute atomic E-state index is 0.208. The summed E-state index contributed by atoms with van der Waals surface area (Å²) in [6.07, 6.45) is 8.79. The minimum atomic E-state index is -1.29. The molecule has 0 aromatic carbocycles. The lowest BCUT2D eigenvalue weighted by Crippen LogP contribution is -2.24. The molecule has 1 aliphatic rings. The van der Waals surface area contributed by atoms with E-state index in [1.54, 1.807) is 13.0 Å². The van der Waals surface area contributed by atoms with Crippen LogP contribution in [0.25, 0.3) is 5.52 Å². The van der Waals surface area contributed by atoms with E-state index in [0.717, 1.165) is 40.1 Å². The summed E-state index contributed by atoms with van der Waals surface area (Å²) in [4.78, 5) is 24.1. The van der Waals surface area contributed by atoms with Gasteiger partial charge in [0, 0.05) is 12.7 Å². The molecule has 0 bridgehead atoms. The first-order chi connectivity index (χ1) is 13.8. The number of nitrogens with two attached hydrogens (primary N) is 1. The van der Waals surface area contributed by atoms with Crippen molar-refractivity contribution in [2.24, 2.45) is 5.73 Å². The van der Waals surface area contributed by atoms with Crippen molar-refractivity contribution in [2.75, 3.05) is 6.54 Å². The van der Waals surface area contributed by atoms with Gasteiger partial charge in [0.1, 0.15) is 11.4 Å². The topological polar surface area (TPSA) is 84.8 Å². The molecule has 0 spiro atoms. The van der Waals surface area contributed by atoms with E-state index in [1.807, 2.05) is 19.1 Å². The molecule has 5 nitrogen and oxygen atoms in total. The zero-order chi connectivity index (χ0) is 21.3. The molecule has 1 aliphatic carbocycles. The monoisotopic (exact) mass is 396 g/mol. The highest BCUT2D eigenvalue weighted by atomic mass is 19.1. The van der Waals surface area contributed by atoms with Crippen molar-refractivity contribution in [1.82, 2.24) is 4.40 Å². The van der Waals surface area contributed by atoms with Crippen LogP contribution < -0.4 is 11.3 Å². The third-order valence-corrected chi connectivity index (χ3v) is 5.39. The van der Waals surface area contributed by atoms with Gasteiger partial charge in [-0.1, -0.05) is 30.4 Å². The van der Waals surface area contributed by atoms with Crippen LogP contribution in [-0.4, -0.2) is 22.0 Å². The maximum Gasteiger partial charge on any atom is 0.341 e. The number of carboxylic acid groups (broad SMARTS) is 1. The number of rotatable bonds is 7. The van der Waals surface area contributed by atoms with Gasteiger partial charge in [0.2, 0.25) is 0 Å². The Morgan fingerprint density at radius 1 is 1.41 bits per heavy atom. The van der Waals surface area contributed by atoms with Crippen LogP contribution in [0, 0.1) is 12.7 Å². The van der Waals surface area contributed by atoms with Gasteiger partial charge in [0.05, 0.1) is 5.52 Å². The summed E-state index contributed by atoms with van der Waals surface area (Å²) in [6, 6.07) is 1.47. The average Bonchev–Trinajstić information content (AvgIpc) is 3.51. The van der Waals surface area contributed by atoms with E-state index < -0.39 is 17.3 Å². The van der Waals surface area contributed by atoms with Gasteiger partial charge in [-0.25, -0.2) is 9.18 Å². The van der Waals surface area contributed by atoms with Gasteiger partial charge in [0.25, 0.3) is 5.56 Å². The van der Waals surface area contributed by atoms with Gasteiger partial charge in [-0.15, -0.1) is 0 Å². The summed E-state index contributed by atoms with van der Waals surface area (Å²) in [7, 11) is 0. The SMILES string of the molecule is C=C/C(=C\C=C(/C)Cc1c(F)cn2c(=O)c(C(=O)O)cc(C3CC3)c2c1C)CN. The van der Waals surface area contributed by atoms with Crippen molar-refractivity contribution in [2.45, 2.75) is 39.0 Å². The van der Waals surface area contributed by atoms with Crippen molar-refractivity contribution < 1.29 is 14.3 Å². The number of carbonyl (C=O) groups is 1. The van der Waals surface area contributed by atoms with Gasteiger partial charge in [0.15, 0.2) is 0 Å². The molecule has 0 aliphatic heterocycles. The van der Waals surface area contributed by atoms with E-state index in [4.69, 9.17) is 5.73 Å². The van der Waals surface area contributed by atoms with Crippen molar-refractivity contribution in [3.05, 3.63) is 86.6 Å². The molecule has 6 heteroatoms. The molecule has 0 saturated heterocycles. The Morgan fingerprint density at radius 3 is 2.66 bits per heavy atom.